The molecule has 0 heterocycles. The summed E-state index contributed by atoms with van der Waals surface area (Å²) in [5.74, 6) is -1.24. The van der Waals surface area contributed by atoms with Crippen LogP contribution >= 0.6 is 11.6 Å². The Kier molecular flexibility index (Phi) is 4.60. The Balaban J connectivity index is 2.23. The topological polar surface area (TPSA) is 66.4 Å². The third kappa shape index (κ3) is 3.83. The largest absolute Gasteiger partial charge is 0.481 e. The third-order valence-corrected chi connectivity index (χ3v) is 3.45. The van der Waals surface area contributed by atoms with Gasteiger partial charge in [-0.05, 0) is 42.3 Å². The van der Waals surface area contributed by atoms with Gasteiger partial charge in [-0.3, -0.25) is 9.59 Å². The van der Waals surface area contributed by atoms with Crippen LogP contribution in [0.3, 0.4) is 0 Å². The van der Waals surface area contributed by atoms with E-state index in [4.69, 9.17) is 16.7 Å². The summed E-state index contributed by atoms with van der Waals surface area (Å²) in [5.41, 5.74) is 2.34. The van der Waals surface area contributed by atoms with Gasteiger partial charge in [0, 0.05) is 16.3 Å². The van der Waals surface area contributed by atoms with E-state index < -0.39 is 5.97 Å². The third-order valence-electron chi connectivity index (χ3n) is 3.03. The van der Waals surface area contributed by atoms with Crippen molar-refractivity contribution in [1.29, 1.82) is 0 Å². The number of rotatable bonds is 4. The Morgan fingerprint density at radius 3 is 2.57 bits per heavy atom. The van der Waals surface area contributed by atoms with Gasteiger partial charge in [-0.2, -0.15) is 0 Å². The number of carbonyl (C=O) groups is 2. The molecular formula is C16H14ClNO3. The van der Waals surface area contributed by atoms with Crippen molar-refractivity contribution in [3.05, 3.63) is 64.2 Å². The molecule has 0 aliphatic carbocycles. The highest BCUT2D eigenvalue weighted by molar-refractivity contribution is 6.31. The molecule has 2 rings (SSSR count). The van der Waals surface area contributed by atoms with Gasteiger partial charge >= 0.3 is 5.97 Å². The zero-order chi connectivity index (χ0) is 15.4. The summed E-state index contributed by atoms with van der Waals surface area (Å²) < 4.78 is 0. The maximum absolute atomic E-state index is 12.2. The van der Waals surface area contributed by atoms with E-state index in [1.807, 2.05) is 6.92 Å². The first-order valence-electron chi connectivity index (χ1n) is 6.34. The minimum Gasteiger partial charge on any atom is -0.481 e. The molecule has 5 heteroatoms. The van der Waals surface area contributed by atoms with Gasteiger partial charge in [-0.1, -0.05) is 29.8 Å². The van der Waals surface area contributed by atoms with Crippen LogP contribution in [0.5, 0.6) is 0 Å². The van der Waals surface area contributed by atoms with Gasteiger partial charge in [0.05, 0.1) is 6.42 Å². The fourth-order valence-corrected chi connectivity index (χ4v) is 2.06. The average Bonchev–Trinajstić information content (AvgIpc) is 2.43. The van der Waals surface area contributed by atoms with E-state index in [-0.39, 0.29) is 12.3 Å². The van der Waals surface area contributed by atoms with E-state index in [0.717, 1.165) is 5.56 Å². The van der Waals surface area contributed by atoms with Crippen molar-refractivity contribution >= 4 is 29.2 Å². The van der Waals surface area contributed by atoms with Gasteiger partial charge in [0.1, 0.15) is 0 Å². The highest BCUT2D eigenvalue weighted by Crippen LogP contribution is 2.19. The van der Waals surface area contributed by atoms with E-state index in [1.54, 1.807) is 42.5 Å². The number of carboxylic acid groups (broad SMARTS) is 1. The molecule has 0 aromatic heterocycles. The molecule has 1 amide bonds. The Labute approximate surface area is 127 Å². The van der Waals surface area contributed by atoms with Crippen molar-refractivity contribution in [2.24, 2.45) is 0 Å². The molecule has 0 radical (unpaired) electrons. The Bertz CT molecular complexity index is 698. The van der Waals surface area contributed by atoms with Crippen LogP contribution in [-0.2, 0) is 11.2 Å². The molecule has 0 aliphatic heterocycles. The number of carboxylic acids is 1. The van der Waals surface area contributed by atoms with Crippen molar-refractivity contribution in [2.45, 2.75) is 13.3 Å². The number of aliphatic carboxylic acids is 1. The smallest absolute Gasteiger partial charge is 0.307 e. The maximum Gasteiger partial charge on any atom is 0.307 e. The summed E-state index contributed by atoms with van der Waals surface area (Å²) in [7, 11) is 0. The highest BCUT2D eigenvalue weighted by Gasteiger charge is 2.11. The number of carbonyl (C=O) groups excluding carboxylic acids is 1. The lowest BCUT2D eigenvalue weighted by molar-refractivity contribution is -0.136. The molecule has 0 unspecified atom stereocenters. The van der Waals surface area contributed by atoms with Crippen LogP contribution in [0, 0.1) is 6.92 Å². The minimum absolute atomic E-state index is 0.143. The van der Waals surface area contributed by atoms with Gasteiger partial charge in [0.25, 0.3) is 5.91 Å². The molecule has 21 heavy (non-hydrogen) atoms. The van der Waals surface area contributed by atoms with Crippen LogP contribution in [-0.4, -0.2) is 17.0 Å². The second-order valence-electron chi connectivity index (χ2n) is 4.65. The average molecular weight is 304 g/mol. The summed E-state index contributed by atoms with van der Waals surface area (Å²) >= 11 is 5.93. The SMILES string of the molecule is Cc1cc(C(=O)Nc2ccccc2CC(=O)O)ccc1Cl. The fourth-order valence-electron chi connectivity index (χ4n) is 1.94. The van der Waals surface area contributed by atoms with Gasteiger partial charge in [-0.25, -0.2) is 0 Å². The van der Waals surface area contributed by atoms with Gasteiger partial charge in [0.2, 0.25) is 0 Å². The summed E-state index contributed by atoms with van der Waals surface area (Å²) in [5, 5.41) is 12.2. The lowest BCUT2D eigenvalue weighted by atomic mass is 10.1. The monoisotopic (exact) mass is 303 g/mol. The van der Waals surface area contributed by atoms with Crippen molar-refractivity contribution in [3.8, 4) is 0 Å². The number of nitrogens with one attached hydrogen (secondary N) is 1. The molecular weight excluding hydrogens is 290 g/mol. The number of hydrogen-bond donors (Lipinski definition) is 2. The zero-order valence-corrected chi connectivity index (χ0v) is 12.1. The van der Waals surface area contributed by atoms with Crippen LogP contribution in [0.2, 0.25) is 5.02 Å². The molecule has 2 N–H and O–H groups in total. The molecule has 4 nitrogen and oxygen atoms in total. The molecule has 0 bridgehead atoms. The van der Waals surface area contributed by atoms with Crippen LogP contribution in [0.4, 0.5) is 5.69 Å². The van der Waals surface area contributed by atoms with Crippen LogP contribution in [0.15, 0.2) is 42.5 Å². The summed E-state index contributed by atoms with van der Waals surface area (Å²) in [6, 6.07) is 11.8. The predicted octanol–water partition coefficient (Wildman–Crippen LogP) is 3.53. The lowest BCUT2D eigenvalue weighted by Crippen LogP contribution is -2.14. The van der Waals surface area contributed by atoms with E-state index in [1.165, 1.54) is 0 Å². The predicted molar refractivity (Wildman–Crippen MR) is 81.9 cm³/mol. The van der Waals surface area contributed by atoms with E-state index in [0.29, 0.717) is 21.8 Å². The van der Waals surface area contributed by atoms with Crippen molar-refractivity contribution in [3.63, 3.8) is 0 Å². The first-order valence-corrected chi connectivity index (χ1v) is 6.72. The van der Waals surface area contributed by atoms with Crippen LogP contribution in [0.25, 0.3) is 0 Å². The van der Waals surface area contributed by atoms with E-state index in [2.05, 4.69) is 5.32 Å². The number of halogens is 1. The quantitative estimate of drug-likeness (QED) is 0.908. The number of amides is 1. The molecule has 2 aromatic carbocycles. The standard InChI is InChI=1S/C16H14ClNO3/c1-10-8-12(6-7-13(10)17)16(21)18-14-5-3-2-4-11(14)9-15(19)20/h2-8H,9H2,1H3,(H,18,21)(H,19,20). The van der Waals surface area contributed by atoms with Crippen molar-refractivity contribution in [1.82, 2.24) is 0 Å². The Morgan fingerprint density at radius 1 is 1.19 bits per heavy atom. The maximum atomic E-state index is 12.2. The van der Waals surface area contributed by atoms with E-state index in [9.17, 15) is 9.59 Å². The Morgan fingerprint density at radius 2 is 1.90 bits per heavy atom. The second kappa shape index (κ2) is 6.41. The molecule has 0 aliphatic rings. The molecule has 0 saturated heterocycles. The van der Waals surface area contributed by atoms with Crippen LogP contribution < -0.4 is 5.32 Å². The first-order chi connectivity index (χ1) is 9.97. The normalized spacial score (nSPS) is 10.2. The number of para-hydroxylation sites is 1. The van der Waals surface area contributed by atoms with Crippen molar-refractivity contribution < 1.29 is 14.7 Å². The molecule has 0 saturated carbocycles. The molecule has 108 valence electrons. The minimum atomic E-state index is -0.945. The first kappa shape index (κ1) is 15.1. The molecule has 0 fully saturated rings. The van der Waals surface area contributed by atoms with Gasteiger partial charge < -0.3 is 10.4 Å². The lowest BCUT2D eigenvalue weighted by Gasteiger charge is -2.10. The summed E-state index contributed by atoms with van der Waals surface area (Å²) in [4.78, 5) is 23.0. The zero-order valence-electron chi connectivity index (χ0n) is 11.4. The number of benzene rings is 2. The number of aryl methyl sites for hydroxylation is 1. The van der Waals surface area contributed by atoms with Gasteiger partial charge in [0.15, 0.2) is 0 Å². The van der Waals surface area contributed by atoms with E-state index >= 15 is 0 Å². The highest BCUT2D eigenvalue weighted by atomic mass is 35.5. The fraction of sp³-hybridized carbons (Fsp3) is 0.125. The van der Waals surface area contributed by atoms with Crippen LogP contribution in [0.1, 0.15) is 21.5 Å². The number of anilines is 1. The van der Waals surface area contributed by atoms with Gasteiger partial charge in [-0.15, -0.1) is 0 Å². The second-order valence-corrected chi connectivity index (χ2v) is 5.05. The van der Waals surface area contributed by atoms with Crippen molar-refractivity contribution in [2.75, 3.05) is 5.32 Å². The number of hydrogen-bond acceptors (Lipinski definition) is 2. The Hall–Kier alpha value is -2.33. The molecule has 0 atom stereocenters. The molecule has 2 aromatic rings. The summed E-state index contributed by atoms with van der Waals surface area (Å²) in [6.07, 6.45) is -0.143. The molecule has 0 spiro atoms. The summed E-state index contributed by atoms with van der Waals surface area (Å²) in [6.45, 7) is 1.82.